The molecule has 1 amide bonds. The third kappa shape index (κ3) is 6.93. The van der Waals surface area contributed by atoms with E-state index in [0.29, 0.717) is 27.5 Å². The van der Waals surface area contributed by atoms with Gasteiger partial charge in [-0.3, -0.25) is 4.79 Å². The minimum atomic E-state index is -4.49. The number of pyridine rings is 1. The SMILES string of the molecule is Cc1ccc2cccc(OCc3c(Cl)ccc(N(C)C(=O)CNC(=S)Nc4cccc(C(F)(F)F)c4)c3Cl)c2n1. The molecule has 12 heteroatoms. The Kier molecular flexibility index (Phi) is 9.02. The van der Waals surface area contributed by atoms with Gasteiger partial charge < -0.3 is 20.3 Å². The molecule has 0 aliphatic rings. The Morgan fingerprint density at radius 3 is 2.58 bits per heavy atom. The predicted octanol–water partition coefficient (Wildman–Crippen LogP) is 7.40. The number of rotatable bonds is 7. The van der Waals surface area contributed by atoms with Gasteiger partial charge in [0.1, 0.15) is 17.9 Å². The molecule has 2 N–H and O–H groups in total. The van der Waals surface area contributed by atoms with Crippen LogP contribution in [0.3, 0.4) is 0 Å². The lowest BCUT2D eigenvalue weighted by molar-refractivity contribution is -0.137. The van der Waals surface area contributed by atoms with Gasteiger partial charge >= 0.3 is 6.18 Å². The standard InChI is InChI=1S/C28H23Cl2F3N4O2S/c1-16-9-10-17-5-3-8-23(26(17)35-16)39-15-20-21(29)11-12-22(25(20)30)37(2)24(38)14-34-27(40)36-19-7-4-6-18(13-19)28(31,32)33/h3-13H,14-15H2,1-2H3,(H2,34,36,40). The fourth-order valence-electron chi connectivity index (χ4n) is 3.82. The second-order valence-electron chi connectivity index (χ2n) is 8.77. The van der Waals surface area contributed by atoms with Crippen LogP contribution in [-0.2, 0) is 17.6 Å². The molecular formula is C28H23Cl2F3N4O2S. The zero-order valence-corrected chi connectivity index (χ0v) is 23.6. The predicted molar refractivity (Wildman–Crippen MR) is 156 cm³/mol. The monoisotopic (exact) mass is 606 g/mol. The van der Waals surface area contributed by atoms with Gasteiger partial charge in [0, 0.05) is 34.4 Å². The second kappa shape index (κ2) is 12.3. The number of likely N-dealkylation sites (N-methyl/N-ethyl adjacent to an activating group) is 1. The maximum atomic E-state index is 13.0. The number of aromatic nitrogens is 1. The molecule has 4 rings (SSSR count). The summed E-state index contributed by atoms with van der Waals surface area (Å²) in [6, 6.07) is 17.3. The molecular weight excluding hydrogens is 584 g/mol. The average Bonchev–Trinajstić information content (AvgIpc) is 2.91. The summed E-state index contributed by atoms with van der Waals surface area (Å²) in [5.74, 6) is 0.159. The van der Waals surface area contributed by atoms with Crippen LogP contribution in [0.4, 0.5) is 24.5 Å². The molecule has 0 spiro atoms. The first-order chi connectivity index (χ1) is 18.9. The number of ether oxygens (including phenoxy) is 1. The normalized spacial score (nSPS) is 11.3. The molecule has 0 fully saturated rings. The van der Waals surface area contributed by atoms with Gasteiger partial charge in [-0.05, 0) is 61.6 Å². The Morgan fingerprint density at radius 2 is 1.82 bits per heavy atom. The number of aryl methyl sites for hydroxylation is 1. The third-order valence-electron chi connectivity index (χ3n) is 5.94. The van der Waals surface area contributed by atoms with Crippen LogP contribution in [0.25, 0.3) is 10.9 Å². The van der Waals surface area contributed by atoms with E-state index in [1.807, 2.05) is 31.2 Å². The fourth-order valence-corrected chi connectivity index (χ4v) is 4.61. The zero-order valence-electron chi connectivity index (χ0n) is 21.3. The first-order valence-corrected chi connectivity index (χ1v) is 13.0. The zero-order chi connectivity index (χ0) is 29.0. The number of nitrogens with one attached hydrogen (secondary N) is 2. The summed E-state index contributed by atoms with van der Waals surface area (Å²) in [6.07, 6.45) is -4.49. The third-order valence-corrected chi connectivity index (χ3v) is 6.97. The van der Waals surface area contributed by atoms with E-state index >= 15 is 0 Å². The van der Waals surface area contributed by atoms with Gasteiger partial charge in [-0.2, -0.15) is 13.2 Å². The van der Waals surface area contributed by atoms with Crippen molar-refractivity contribution in [2.45, 2.75) is 19.7 Å². The topological polar surface area (TPSA) is 66.5 Å². The number of carbonyl (C=O) groups excluding carboxylic acids is 1. The van der Waals surface area contributed by atoms with Crippen LogP contribution in [0.5, 0.6) is 5.75 Å². The number of benzene rings is 3. The maximum Gasteiger partial charge on any atom is 0.416 e. The summed E-state index contributed by atoms with van der Waals surface area (Å²) >= 11 is 18.2. The number of anilines is 2. The number of hydrogen-bond donors (Lipinski definition) is 2. The number of halogens is 5. The number of hydrogen-bond acceptors (Lipinski definition) is 4. The summed E-state index contributed by atoms with van der Waals surface area (Å²) in [4.78, 5) is 18.8. The van der Waals surface area contributed by atoms with Crippen LogP contribution in [0.15, 0.2) is 66.7 Å². The maximum absolute atomic E-state index is 13.0. The largest absolute Gasteiger partial charge is 0.487 e. The van der Waals surface area contributed by atoms with Crippen molar-refractivity contribution in [2.24, 2.45) is 0 Å². The lowest BCUT2D eigenvalue weighted by Crippen LogP contribution is -2.40. The highest BCUT2D eigenvalue weighted by Gasteiger charge is 2.30. The van der Waals surface area contributed by atoms with Crippen molar-refractivity contribution in [3.8, 4) is 5.75 Å². The Balaban J connectivity index is 1.42. The summed E-state index contributed by atoms with van der Waals surface area (Å²) in [5, 5.41) is 6.85. The molecule has 208 valence electrons. The molecule has 40 heavy (non-hydrogen) atoms. The first kappa shape index (κ1) is 29.4. The van der Waals surface area contributed by atoms with Crippen LogP contribution >= 0.6 is 35.4 Å². The van der Waals surface area contributed by atoms with Crippen LogP contribution in [0.2, 0.25) is 10.0 Å². The minimum absolute atomic E-state index is 0.0173. The molecule has 0 atom stereocenters. The number of fused-ring (bicyclic) bond motifs is 1. The van der Waals surface area contributed by atoms with Gasteiger partial charge in [-0.15, -0.1) is 0 Å². The number of thiocarbonyl (C=S) groups is 1. The van der Waals surface area contributed by atoms with Gasteiger partial charge in [0.15, 0.2) is 5.11 Å². The lowest BCUT2D eigenvalue weighted by atomic mass is 10.1. The highest BCUT2D eigenvalue weighted by atomic mass is 35.5. The Labute approximate surface area is 244 Å². The number of para-hydroxylation sites is 1. The molecule has 0 unspecified atom stereocenters. The molecule has 0 aliphatic carbocycles. The smallest absolute Gasteiger partial charge is 0.416 e. The van der Waals surface area contributed by atoms with E-state index in [1.165, 1.54) is 24.1 Å². The van der Waals surface area contributed by atoms with Crippen molar-refractivity contribution in [3.63, 3.8) is 0 Å². The van der Waals surface area contributed by atoms with E-state index in [-0.39, 0.29) is 29.0 Å². The van der Waals surface area contributed by atoms with Crippen molar-refractivity contribution in [1.82, 2.24) is 10.3 Å². The van der Waals surface area contributed by atoms with Gasteiger partial charge in [0.25, 0.3) is 0 Å². The fraction of sp³-hybridized carbons (Fsp3) is 0.179. The van der Waals surface area contributed by atoms with Crippen LogP contribution in [0.1, 0.15) is 16.8 Å². The summed E-state index contributed by atoms with van der Waals surface area (Å²) in [5.41, 5.74) is 1.74. The Hall–Kier alpha value is -3.60. The molecule has 0 bridgehead atoms. The minimum Gasteiger partial charge on any atom is -0.487 e. The molecule has 1 heterocycles. The summed E-state index contributed by atoms with van der Waals surface area (Å²) in [6.45, 7) is 1.68. The summed E-state index contributed by atoms with van der Waals surface area (Å²) in [7, 11) is 1.53. The second-order valence-corrected chi connectivity index (χ2v) is 9.96. The van der Waals surface area contributed by atoms with E-state index in [0.717, 1.165) is 23.2 Å². The number of alkyl halides is 3. The molecule has 0 aliphatic heterocycles. The molecule has 0 radical (unpaired) electrons. The van der Waals surface area contributed by atoms with E-state index < -0.39 is 17.6 Å². The Bertz CT molecular complexity index is 1580. The van der Waals surface area contributed by atoms with Crippen molar-refractivity contribution in [1.29, 1.82) is 0 Å². The average molecular weight is 607 g/mol. The van der Waals surface area contributed by atoms with Gasteiger partial charge in [-0.25, -0.2) is 4.98 Å². The summed E-state index contributed by atoms with van der Waals surface area (Å²) < 4.78 is 44.9. The van der Waals surface area contributed by atoms with E-state index in [2.05, 4.69) is 15.6 Å². The quantitative estimate of drug-likeness (QED) is 0.214. The molecule has 4 aromatic rings. The number of nitrogens with zero attached hydrogens (tertiary/aromatic N) is 2. The van der Waals surface area contributed by atoms with Gasteiger partial charge in [-0.1, -0.05) is 47.5 Å². The van der Waals surface area contributed by atoms with E-state index in [9.17, 15) is 18.0 Å². The van der Waals surface area contributed by atoms with Crippen LogP contribution in [0, 0.1) is 6.92 Å². The van der Waals surface area contributed by atoms with E-state index in [4.69, 9.17) is 40.2 Å². The molecule has 3 aromatic carbocycles. The molecule has 6 nitrogen and oxygen atoms in total. The highest BCUT2D eigenvalue weighted by Crippen LogP contribution is 2.35. The molecule has 0 saturated heterocycles. The Morgan fingerprint density at radius 1 is 1.07 bits per heavy atom. The van der Waals surface area contributed by atoms with Crippen LogP contribution < -0.4 is 20.3 Å². The van der Waals surface area contributed by atoms with Gasteiger partial charge in [0.05, 0.1) is 22.8 Å². The molecule has 1 aromatic heterocycles. The van der Waals surface area contributed by atoms with Crippen molar-refractivity contribution in [2.75, 3.05) is 23.8 Å². The number of carbonyl (C=O) groups is 1. The molecule has 0 saturated carbocycles. The van der Waals surface area contributed by atoms with Crippen molar-refractivity contribution >= 4 is 68.7 Å². The highest BCUT2D eigenvalue weighted by molar-refractivity contribution is 7.80. The number of amides is 1. The lowest BCUT2D eigenvalue weighted by Gasteiger charge is -2.22. The van der Waals surface area contributed by atoms with Crippen LogP contribution in [-0.4, -0.2) is 29.6 Å². The van der Waals surface area contributed by atoms with Crippen molar-refractivity contribution < 1.29 is 22.7 Å². The van der Waals surface area contributed by atoms with Crippen molar-refractivity contribution in [3.05, 3.63) is 93.6 Å². The van der Waals surface area contributed by atoms with E-state index in [1.54, 1.807) is 18.2 Å². The first-order valence-electron chi connectivity index (χ1n) is 11.9. The van der Waals surface area contributed by atoms with Gasteiger partial charge in [0.2, 0.25) is 5.91 Å².